The van der Waals surface area contributed by atoms with Gasteiger partial charge in [0.1, 0.15) is 6.61 Å². The first kappa shape index (κ1) is 14.0. The summed E-state index contributed by atoms with van der Waals surface area (Å²) in [5.41, 5.74) is 5.73. The molecule has 0 fully saturated rings. The van der Waals surface area contributed by atoms with Gasteiger partial charge in [0.25, 0.3) is 6.43 Å². The summed E-state index contributed by atoms with van der Waals surface area (Å²) in [6, 6.07) is -0.00150. The smallest absolute Gasteiger partial charge is 0.261 e. The Bertz CT molecular complexity index is 320. The first-order valence-electron chi connectivity index (χ1n) is 5.54. The molecule has 1 unspecified atom stereocenters. The van der Waals surface area contributed by atoms with E-state index >= 15 is 0 Å². The molecule has 0 saturated heterocycles. The Hall–Kier alpha value is -1.08. The predicted octanol–water partition coefficient (Wildman–Crippen LogP) is 1.17. The summed E-state index contributed by atoms with van der Waals surface area (Å²) < 4.78 is 33.2. The van der Waals surface area contributed by atoms with Crippen molar-refractivity contribution in [2.75, 3.05) is 13.2 Å². The van der Waals surface area contributed by atoms with Gasteiger partial charge in [-0.05, 0) is 6.42 Å². The lowest BCUT2D eigenvalue weighted by atomic mass is 10.2. The SMILES string of the molecule is CCC(N)Cc1nc(CCOCC(F)F)no1. The number of halogens is 2. The number of alkyl halides is 2. The van der Waals surface area contributed by atoms with Crippen LogP contribution in [0.25, 0.3) is 0 Å². The fourth-order valence-corrected chi connectivity index (χ4v) is 1.18. The fourth-order valence-electron chi connectivity index (χ4n) is 1.18. The minimum atomic E-state index is -2.45. The third-order valence-corrected chi connectivity index (χ3v) is 2.19. The van der Waals surface area contributed by atoms with E-state index in [1.807, 2.05) is 6.92 Å². The van der Waals surface area contributed by atoms with Crippen molar-refractivity contribution >= 4 is 0 Å². The molecule has 0 saturated carbocycles. The Kier molecular flexibility index (Phi) is 5.99. The molecular formula is C10H17F2N3O2. The molecule has 5 nitrogen and oxygen atoms in total. The van der Waals surface area contributed by atoms with Crippen LogP contribution in [0.4, 0.5) is 8.78 Å². The topological polar surface area (TPSA) is 74.2 Å². The molecule has 0 aliphatic heterocycles. The molecule has 17 heavy (non-hydrogen) atoms. The van der Waals surface area contributed by atoms with E-state index in [0.717, 1.165) is 6.42 Å². The number of hydrogen-bond acceptors (Lipinski definition) is 5. The summed E-state index contributed by atoms with van der Waals surface area (Å²) in [4.78, 5) is 4.09. The van der Waals surface area contributed by atoms with Crippen molar-refractivity contribution < 1.29 is 18.0 Å². The van der Waals surface area contributed by atoms with E-state index in [4.69, 9.17) is 15.0 Å². The second kappa shape index (κ2) is 7.29. The second-order valence-corrected chi connectivity index (χ2v) is 3.69. The largest absolute Gasteiger partial charge is 0.375 e. The third kappa shape index (κ3) is 5.69. The highest BCUT2D eigenvalue weighted by atomic mass is 19.3. The van der Waals surface area contributed by atoms with Crippen LogP contribution >= 0.6 is 0 Å². The van der Waals surface area contributed by atoms with Gasteiger partial charge >= 0.3 is 0 Å². The van der Waals surface area contributed by atoms with Gasteiger partial charge in [0.05, 0.1) is 6.61 Å². The summed E-state index contributed by atoms with van der Waals surface area (Å²) >= 11 is 0. The number of nitrogens with two attached hydrogens (primary N) is 1. The number of ether oxygens (including phenoxy) is 1. The van der Waals surface area contributed by atoms with Gasteiger partial charge in [-0.2, -0.15) is 4.98 Å². The van der Waals surface area contributed by atoms with Crippen molar-refractivity contribution in [3.05, 3.63) is 11.7 Å². The van der Waals surface area contributed by atoms with Gasteiger partial charge < -0.3 is 15.0 Å². The molecule has 2 N–H and O–H groups in total. The van der Waals surface area contributed by atoms with Gasteiger partial charge in [-0.1, -0.05) is 12.1 Å². The molecule has 0 bridgehead atoms. The van der Waals surface area contributed by atoms with Crippen LogP contribution in [0.1, 0.15) is 25.1 Å². The third-order valence-electron chi connectivity index (χ3n) is 2.19. The van der Waals surface area contributed by atoms with Crippen molar-refractivity contribution in [1.82, 2.24) is 10.1 Å². The molecule has 7 heteroatoms. The molecule has 1 atom stereocenters. The van der Waals surface area contributed by atoms with E-state index in [2.05, 4.69) is 10.1 Å². The first-order valence-corrected chi connectivity index (χ1v) is 5.54. The molecular weight excluding hydrogens is 232 g/mol. The lowest BCUT2D eigenvalue weighted by Crippen LogP contribution is -2.21. The molecule has 0 radical (unpaired) electrons. The summed E-state index contributed by atoms with van der Waals surface area (Å²) in [5, 5.41) is 3.71. The Morgan fingerprint density at radius 1 is 1.47 bits per heavy atom. The first-order chi connectivity index (χ1) is 8.11. The van der Waals surface area contributed by atoms with E-state index < -0.39 is 13.0 Å². The number of rotatable bonds is 8. The van der Waals surface area contributed by atoms with Crippen molar-refractivity contribution in [2.45, 2.75) is 38.7 Å². The van der Waals surface area contributed by atoms with Crippen LogP contribution in [-0.4, -0.2) is 35.8 Å². The Balaban J connectivity index is 2.26. The summed E-state index contributed by atoms with van der Waals surface area (Å²) in [5.74, 6) is 0.931. The summed E-state index contributed by atoms with van der Waals surface area (Å²) in [6.07, 6.45) is -0.729. The molecule has 0 spiro atoms. The van der Waals surface area contributed by atoms with Gasteiger partial charge in [-0.25, -0.2) is 8.78 Å². The van der Waals surface area contributed by atoms with Gasteiger partial charge in [0.15, 0.2) is 5.82 Å². The summed E-state index contributed by atoms with van der Waals surface area (Å²) in [7, 11) is 0. The molecule has 1 aromatic heterocycles. The number of nitrogens with zero attached hydrogens (tertiary/aromatic N) is 2. The summed E-state index contributed by atoms with van der Waals surface area (Å²) in [6.45, 7) is 1.56. The van der Waals surface area contributed by atoms with E-state index in [1.54, 1.807) is 0 Å². The minimum Gasteiger partial charge on any atom is -0.375 e. The molecule has 1 aromatic rings. The van der Waals surface area contributed by atoms with E-state index in [0.29, 0.717) is 24.6 Å². The van der Waals surface area contributed by atoms with Crippen LogP contribution in [0.3, 0.4) is 0 Å². The van der Waals surface area contributed by atoms with E-state index in [9.17, 15) is 8.78 Å². The second-order valence-electron chi connectivity index (χ2n) is 3.69. The maximum Gasteiger partial charge on any atom is 0.261 e. The highest BCUT2D eigenvalue weighted by Gasteiger charge is 2.10. The Morgan fingerprint density at radius 2 is 2.24 bits per heavy atom. The maximum absolute atomic E-state index is 11.8. The van der Waals surface area contributed by atoms with Crippen molar-refractivity contribution in [3.8, 4) is 0 Å². The van der Waals surface area contributed by atoms with Crippen LogP contribution in [0.2, 0.25) is 0 Å². The molecule has 98 valence electrons. The fraction of sp³-hybridized carbons (Fsp3) is 0.800. The Labute approximate surface area is 98.3 Å². The van der Waals surface area contributed by atoms with Crippen molar-refractivity contribution in [1.29, 1.82) is 0 Å². The molecule has 0 aromatic carbocycles. The van der Waals surface area contributed by atoms with Gasteiger partial charge in [-0.3, -0.25) is 0 Å². The number of aromatic nitrogens is 2. The van der Waals surface area contributed by atoms with Crippen LogP contribution in [0.5, 0.6) is 0 Å². The average Bonchev–Trinajstić information content (AvgIpc) is 2.72. The van der Waals surface area contributed by atoms with Crippen molar-refractivity contribution in [3.63, 3.8) is 0 Å². The van der Waals surface area contributed by atoms with Crippen molar-refractivity contribution in [2.24, 2.45) is 5.73 Å². The zero-order chi connectivity index (χ0) is 12.7. The predicted molar refractivity (Wildman–Crippen MR) is 56.8 cm³/mol. The van der Waals surface area contributed by atoms with Crippen LogP contribution in [0, 0.1) is 0 Å². The monoisotopic (exact) mass is 249 g/mol. The van der Waals surface area contributed by atoms with E-state index in [1.165, 1.54) is 0 Å². The quantitative estimate of drug-likeness (QED) is 0.700. The molecule has 0 aliphatic carbocycles. The van der Waals surface area contributed by atoms with Crippen LogP contribution < -0.4 is 5.73 Å². The highest BCUT2D eigenvalue weighted by molar-refractivity contribution is 4.88. The maximum atomic E-state index is 11.8. The molecule has 0 aliphatic rings. The lowest BCUT2D eigenvalue weighted by molar-refractivity contribution is 0.0182. The van der Waals surface area contributed by atoms with Gasteiger partial charge in [0, 0.05) is 18.9 Å². The molecule has 1 rings (SSSR count). The standard InChI is InChI=1S/C10H17F2N3O2/c1-2-7(13)5-10-14-9(15-17-10)3-4-16-6-8(11)12/h7-8H,2-6,13H2,1H3. The molecule has 1 heterocycles. The van der Waals surface area contributed by atoms with Gasteiger partial charge in [-0.15, -0.1) is 0 Å². The minimum absolute atomic E-state index is 0.00150. The number of hydrogen-bond donors (Lipinski definition) is 1. The zero-order valence-electron chi connectivity index (χ0n) is 9.73. The zero-order valence-corrected chi connectivity index (χ0v) is 9.73. The Morgan fingerprint density at radius 3 is 2.88 bits per heavy atom. The normalized spacial score (nSPS) is 13.2. The van der Waals surface area contributed by atoms with Gasteiger partial charge in [0.2, 0.25) is 5.89 Å². The average molecular weight is 249 g/mol. The van der Waals surface area contributed by atoms with Crippen LogP contribution in [-0.2, 0) is 17.6 Å². The van der Waals surface area contributed by atoms with Crippen LogP contribution in [0.15, 0.2) is 4.52 Å². The molecule has 0 amide bonds. The highest BCUT2D eigenvalue weighted by Crippen LogP contribution is 2.03. The lowest BCUT2D eigenvalue weighted by Gasteiger charge is -2.02. The van der Waals surface area contributed by atoms with E-state index in [-0.39, 0.29) is 12.6 Å².